The third kappa shape index (κ3) is 6.42. The molecule has 0 saturated heterocycles. The lowest BCUT2D eigenvalue weighted by atomic mass is 10.2. The Bertz CT molecular complexity index is 219. The van der Waals surface area contributed by atoms with Crippen LogP contribution in [-0.4, -0.2) is 35.2 Å². The molecular formula is C9H17NO4. The molecule has 5 heteroatoms. The molecule has 0 rings (SSSR count). The molecule has 0 bridgehead atoms. The topological polar surface area (TPSA) is 75.6 Å². The lowest BCUT2D eigenvalue weighted by Gasteiger charge is -2.20. The second-order valence-corrected chi connectivity index (χ2v) is 4.03. The van der Waals surface area contributed by atoms with Gasteiger partial charge in [-0.15, -0.1) is 0 Å². The molecule has 0 aliphatic heterocycles. The molecule has 0 aliphatic rings. The van der Waals surface area contributed by atoms with Crippen LogP contribution in [-0.2, 0) is 14.3 Å². The van der Waals surface area contributed by atoms with Crippen LogP contribution in [0.15, 0.2) is 0 Å². The lowest BCUT2D eigenvalue weighted by Crippen LogP contribution is -2.39. The average molecular weight is 203 g/mol. The van der Waals surface area contributed by atoms with Gasteiger partial charge in [0.1, 0.15) is 11.6 Å². The molecule has 1 atom stereocenters. The molecule has 82 valence electrons. The molecule has 5 nitrogen and oxygen atoms in total. The lowest BCUT2D eigenvalue weighted by molar-refractivity contribution is -0.153. The molecule has 0 spiro atoms. The van der Waals surface area contributed by atoms with E-state index in [-0.39, 0.29) is 6.54 Å². The van der Waals surface area contributed by atoms with Crippen LogP contribution in [0.1, 0.15) is 27.7 Å². The highest BCUT2D eigenvalue weighted by molar-refractivity contribution is 5.76. The Kier molecular flexibility index (Phi) is 4.56. The van der Waals surface area contributed by atoms with Gasteiger partial charge in [-0.25, -0.2) is 0 Å². The Morgan fingerprint density at radius 2 is 1.93 bits per heavy atom. The standard InChI is InChI=1S/C9H17NO4/c1-6(8(12)13)10-5-7(11)14-9(2,3)4/h6,10H,5H2,1-4H3,(H,12,13)/t6-/m0/s1. The first-order chi connectivity index (χ1) is 6.22. The van der Waals surface area contributed by atoms with Crippen LogP contribution in [0.3, 0.4) is 0 Å². The number of rotatable bonds is 4. The van der Waals surface area contributed by atoms with Crippen LogP contribution in [0.5, 0.6) is 0 Å². The van der Waals surface area contributed by atoms with E-state index in [9.17, 15) is 9.59 Å². The van der Waals surface area contributed by atoms with E-state index in [1.807, 2.05) is 0 Å². The summed E-state index contributed by atoms with van der Waals surface area (Å²) in [5.41, 5.74) is -0.536. The van der Waals surface area contributed by atoms with Crippen LogP contribution in [0.2, 0.25) is 0 Å². The molecule has 0 heterocycles. The van der Waals surface area contributed by atoms with E-state index in [4.69, 9.17) is 9.84 Å². The van der Waals surface area contributed by atoms with Gasteiger partial charge >= 0.3 is 11.9 Å². The Morgan fingerprint density at radius 3 is 2.29 bits per heavy atom. The van der Waals surface area contributed by atoms with Crippen molar-refractivity contribution in [2.24, 2.45) is 0 Å². The molecule has 2 N–H and O–H groups in total. The van der Waals surface area contributed by atoms with Crippen molar-refractivity contribution in [1.82, 2.24) is 5.32 Å². The number of hydrogen-bond acceptors (Lipinski definition) is 4. The SMILES string of the molecule is C[C@H](NCC(=O)OC(C)(C)C)C(=O)O. The first-order valence-electron chi connectivity index (χ1n) is 4.40. The summed E-state index contributed by atoms with van der Waals surface area (Å²) in [5.74, 6) is -1.45. The highest BCUT2D eigenvalue weighted by Crippen LogP contribution is 2.06. The molecule has 0 unspecified atom stereocenters. The highest BCUT2D eigenvalue weighted by Gasteiger charge is 2.17. The fraction of sp³-hybridized carbons (Fsp3) is 0.778. The monoisotopic (exact) mass is 203 g/mol. The van der Waals surface area contributed by atoms with Crippen LogP contribution in [0.25, 0.3) is 0 Å². The van der Waals surface area contributed by atoms with E-state index in [0.717, 1.165) is 0 Å². The molecule has 0 radical (unpaired) electrons. The van der Waals surface area contributed by atoms with E-state index < -0.39 is 23.6 Å². The Morgan fingerprint density at radius 1 is 1.43 bits per heavy atom. The molecule has 0 amide bonds. The van der Waals surface area contributed by atoms with E-state index >= 15 is 0 Å². The van der Waals surface area contributed by atoms with Gasteiger partial charge in [0, 0.05) is 0 Å². The van der Waals surface area contributed by atoms with Crippen molar-refractivity contribution >= 4 is 11.9 Å². The summed E-state index contributed by atoms with van der Waals surface area (Å²) >= 11 is 0. The minimum absolute atomic E-state index is 0.0925. The number of ether oxygens (including phenoxy) is 1. The smallest absolute Gasteiger partial charge is 0.320 e. The third-order valence-corrected chi connectivity index (χ3v) is 1.34. The normalized spacial score (nSPS) is 13.4. The molecule has 0 aromatic heterocycles. The van der Waals surface area contributed by atoms with Gasteiger partial charge in [-0.1, -0.05) is 0 Å². The number of carbonyl (C=O) groups is 2. The van der Waals surface area contributed by atoms with Gasteiger partial charge in [-0.3, -0.25) is 14.9 Å². The zero-order valence-corrected chi connectivity index (χ0v) is 8.96. The second-order valence-electron chi connectivity index (χ2n) is 4.03. The fourth-order valence-electron chi connectivity index (χ4n) is 0.701. The number of carboxylic acid groups (broad SMARTS) is 1. The molecule has 0 saturated carbocycles. The number of nitrogens with one attached hydrogen (secondary N) is 1. The quantitative estimate of drug-likeness (QED) is 0.646. The minimum Gasteiger partial charge on any atom is -0.480 e. The van der Waals surface area contributed by atoms with Crippen molar-refractivity contribution in [3.8, 4) is 0 Å². The van der Waals surface area contributed by atoms with Gasteiger partial charge in [-0.2, -0.15) is 0 Å². The van der Waals surface area contributed by atoms with Gasteiger partial charge in [-0.05, 0) is 27.7 Å². The van der Waals surface area contributed by atoms with Gasteiger partial charge in [0.15, 0.2) is 0 Å². The van der Waals surface area contributed by atoms with Crippen molar-refractivity contribution < 1.29 is 19.4 Å². The van der Waals surface area contributed by atoms with Gasteiger partial charge in [0.05, 0.1) is 6.54 Å². The summed E-state index contributed by atoms with van der Waals surface area (Å²) in [5, 5.41) is 11.0. The predicted molar refractivity (Wildman–Crippen MR) is 50.9 cm³/mol. The van der Waals surface area contributed by atoms with Crippen molar-refractivity contribution in [3.05, 3.63) is 0 Å². The summed E-state index contributed by atoms with van der Waals surface area (Å²) in [6.45, 7) is 6.64. The summed E-state index contributed by atoms with van der Waals surface area (Å²) in [4.78, 5) is 21.5. The third-order valence-electron chi connectivity index (χ3n) is 1.34. The van der Waals surface area contributed by atoms with Gasteiger partial charge in [0.25, 0.3) is 0 Å². The minimum atomic E-state index is -0.992. The highest BCUT2D eigenvalue weighted by atomic mass is 16.6. The molecule has 0 aromatic carbocycles. The second kappa shape index (κ2) is 4.95. The summed E-state index contributed by atoms with van der Waals surface area (Å²) < 4.78 is 4.97. The number of aliphatic carboxylic acids is 1. The molecule has 0 fully saturated rings. The zero-order chi connectivity index (χ0) is 11.4. The average Bonchev–Trinajstić information content (AvgIpc) is 1.96. The summed E-state index contributed by atoms with van der Waals surface area (Å²) in [6.07, 6.45) is 0. The van der Waals surface area contributed by atoms with E-state index in [2.05, 4.69) is 5.32 Å². The van der Waals surface area contributed by atoms with Gasteiger partial charge < -0.3 is 9.84 Å². The summed E-state index contributed by atoms with van der Waals surface area (Å²) in [7, 11) is 0. The largest absolute Gasteiger partial charge is 0.480 e. The first kappa shape index (κ1) is 12.9. The van der Waals surface area contributed by atoms with Crippen molar-refractivity contribution in [3.63, 3.8) is 0 Å². The maximum atomic E-state index is 11.1. The number of esters is 1. The van der Waals surface area contributed by atoms with E-state index in [1.165, 1.54) is 6.92 Å². The maximum Gasteiger partial charge on any atom is 0.320 e. The van der Waals surface area contributed by atoms with Crippen LogP contribution < -0.4 is 5.32 Å². The predicted octanol–water partition coefficient (Wildman–Crippen LogP) is 0.391. The first-order valence-corrected chi connectivity index (χ1v) is 4.40. The Labute approximate surface area is 83.4 Å². The fourth-order valence-corrected chi connectivity index (χ4v) is 0.701. The zero-order valence-electron chi connectivity index (χ0n) is 8.96. The molecule has 0 aromatic rings. The Hall–Kier alpha value is -1.10. The molecular weight excluding hydrogens is 186 g/mol. The van der Waals surface area contributed by atoms with E-state index in [0.29, 0.717) is 0 Å². The van der Waals surface area contributed by atoms with Crippen LogP contribution in [0, 0.1) is 0 Å². The summed E-state index contributed by atoms with van der Waals surface area (Å²) in [6, 6.07) is -0.748. The van der Waals surface area contributed by atoms with Gasteiger partial charge in [0.2, 0.25) is 0 Å². The number of hydrogen-bond donors (Lipinski definition) is 2. The molecule has 14 heavy (non-hydrogen) atoms. The number of carboxylic acids is 1. The molecule has 0 aliphatic carbocycles. The maximum absolute atomic E-state index is 11.1. The number of carbonyl (C=O) groups excluding carboxylic acids is 1. The van der Waals surface area contributed by atoms with Crippen LogP contribution in [0.4, 0.5) is 0 Å². The van der Waals surface area contributed by atoms with Crippen molar-refractivity contribution in [2.75, 3.05) is 6.54 Å². The van der Waals surface area contributed by atoms with Crippen molar-refractivity contribution in [2.45, 2.75) is 39.3 Å². The van der Waals surface area contributed by atoms with Crippen molar-refractivity contribution in [1.29, 1.82) is 0 Å². The van der Waals surface area contributed by atoms with Crippen LogP contribution >= 0.6 is 0 Å². The van der Waals surface area contributed by atoms with E-state index in [1.54, 1.807) is 20.8 Å². The Balaban J connectivity index is 3.81.